The molecular weight excluding hydrogens is 397 g/mol. The number of nitrogens with one attached hydrogen (secondary N) is 2. The highest BCUT2D eigenvalue weighted by atomic mass is 19.4. The molecule has 0 saturated heterocycles. The summed E-state index contributed by atoms with van der Waals surface area (Å²) in [7, 11) is 0. The van der Waals surface area contributed by atoms with E-state index in [9.17, 15) is 18.0 Å². The van der Waals surface area contributed by atoms with Crippen LogP contribution in [0.2, 0.25) is 0 Å². The molecule has 2 aromatic carbocycles. The lowest BCUT2D eigenvalue weighted by Crippen LogP contribution is -2.37. The summed E-state index contributed by atoms with van der Waals surface area (Å²) in [5.74, 6) is 0. The number of halogens is 3. The van der Waals surface area contributed by atoms with E-state index in [2.05, 4.69) is 20.5 Å². The predicted octanol–water partition coefficient (Wildman–Crippen LogP) is 3.92. The average Bonchev–Trinajstić information content (AvgIpc) is 3.17. The number of carbonyl (C=O) groups is 1. The van der Waals surface area contributed by atoms with Gasteiger partial charge in [0, 0.05) is 30.4 Å². The summed E-state index contributed by atoms with van der Waals surface area (Å²) in [6, 6.07) is 18.6. The first-order chi connectivity index (χ1) is 14.4. The van der Waals surface area contributed by atoms with Crippen molar-refractivity contribution >= 4 is 6.03 Å². The molecular formula is C21H21F3N4O2. The van der Waals surface area contributed by atoms with E-state index in [1.165, 1.54) is 0 Å². The molecule has 2 N–H and O–H groups in total. The molecule has 0 unspecified atom stereocenters. The molecule has 0 aliphatic heterocycles. The first kappa shape index (κ1) is 21.4. The molecule has 1 heterocycles. The van der Waals surface area contributed by atoms with Gasteiger partial charge >= 0.3 is 12.2 Å². The van der Waals surface area contributed by atoms with E-state index in [0.717, 1.165) is 22.5 Å². The summed E-state index contributed by atoms with van der Waals surface area (Å²) in [6.07, 6.45) is -2.54. The van der Waals surface area contributed by atoms with Gasteiger partial charge in [-0.2, -0.15) is 18.3 Å². The fourth-order valence-electron chi connectivity index (χ4n) is 2.75. The Kier molecular flexibility index (Phi) is 7.08. The molecule has 6 nitrogen and oxygen atoms in total. The first-order valence-corrected chi connectivity index (χ1v) is 9.28. The monoisotopic (exact) mass is 418 g/mol. The molecule has 0 aliphatic rings. The largest absolute Gasteiger partial charge is 0.411 e. The van der Waals surface area contributed by atoms with E-state index in [4.69, 9.17) is 0 Å². The van der Waals surface area contributed by atoms with Crippen molar-refractivity contribution in [3.63, 3.8) is 0 Å². The molecule has 2 amide bonds. The summed E-state index contributed by atoms with van der Waals surface area (Å²) >= 11 is 0. The fraction of sp³-hybridized carbons (Fsp3) is 0.238. The van der Waals surface area contributed by atoms with E-state index in [-0.39, 0.29) is 19.7 Å². The van der Waals surface area contributed by atoms with Crippen LogP contribution in [0.5, 0.6) is 0 Å². The molecule has 3 rings (SSSR count). The smallest absolute Gasteiger partial charge is 0.370 e. The Hall–Kier alpha value is -3.33. The number of nitrogens with zero attached hydrogens (tertiary/aromatic N) is 2. The van der Waals surface area contributed by atoms with Crippen LogP contribution in [0.25, 0.3) is 16.9 Å². The molecule has 158 valence electrons. The van der Waals surface area contributed by atoms with Gasteiger partial charge in [-0.05, 0) is 12.1 Å². The second-order valence-electron chi connectivity index (χ2n) is 6.43. The number of rotatable bonds is 8. The number of carbonyl (C=O) groups excluding carboxylic acids is 1. The number of urea groups is 1. The maximum atomic E-state index is 12.0. The summed E-state index contributed by atoms with van der Waals surface area (Å²) in [6.45, 7) is -1.40. The van der Waals surface area contributed by atoms with Gasteiger partial charge < -0.3 is 15.4 Å². The van der Waals surface area contributed by atoms with Crippen LogP contribution in [-0.4, -0.2) is 41.7 Å². The summed E-state index contributed by atoms with van der Waals surface area (Å²) in [5.41, 5.74) is 3.32. The minimum Gasteiger partial charge on any atom is -0.370 e. The Labute approximate surface area is 171 Å². The molecule has 0 atom stereocenters. The van der Waals surface area contributed by atoms with Crippen molar-refractivity contribution in [3.05, 3.63) is 72.4 Å². The second-order valence-corrected chi connectivity index (χ2v) is 6.43. The van der Waals surface area contributed by atoms with Gasteiger partial charge in [0.25, 0.3) is 0 Å². The highest BCUT2D eigenvalue weighted by Gasteiger charge is 2.27. The molecule has 9 heteroatoms. The van der Waals surface area contributed by atoms with Crippen LogP contribution in [0.1, 0.15) is 5.56 Å². The number of aromatic nitrogens is 2. The molecule has 30 heavy (non-hydrogen) atoms. The van der Waals surface area contributed by atoms with E-state index in [1.54, 1.807) is 4.68 Å². The van der Waals surface area contributed by atoms with Crippen LogP contribution in [0, 0.1) is 0 Å². The topological polar surface area (TPSA) is 68.2 Å². The van der Waals surface area contributed by atoms with Crippen molar-refractivity contribution in [1.29, 1.82) is 0 Å². The zero-order chi connectivity index (χ0) is 21.4. The van der Waals surface area contributed by atoms with Gasteiger partial charge in [-0.3, -0.25) is 0 Å². The lowest BCUT2D eigenvalue weighted by molar-refractivity contribution is -0.173. The minimum absolute atomic E-state index is 0.0310. The Bertz CT molecular complexity index is 944. The molecule has 0 aliphatic carbocycles. The van der Waals surface area contributed by atoms with Crippen molar-refractivity contribution in [3.8, 4) is 16.9 Å². The zero-order valence-corrected chi connectivity index (χ0v) is 16.0. The number of para-hydroxylation sites is 1. The number of amides is 2. The van der Waals surface area contributed by atoms with Crippen molar-refractivity contribution in [1.82, 2.24) is 20.4 Å². The van der Waals surface area contributed by atoms with Crippen LogP contribution in [0.4, 0.5) is 18.0 Å². The van der Waals surface area contributed by atoms with Gasteiger partial charge in [0.2, 0.25) is 0 Å². The van der Waals surface area contributed by atoms with E-state index in [0.29, 0.717) is 0 Å². The maximum absolute atomic E-state index is 12.0. The minimum atomic E-state index is -4.38. The molecule has 3 aromatic rings. The zero-order valence-electron chi connectivity index (χ0n) is 16.0. The lowest BCUT2D eigenvalue weighted by Gasteiger charge is -2.09. The second kappa shape index (κ2) is 9.93. The molecule has 0 fully saturated rings. The molecule has 0 spiro atoms. The van der Waals surface area contributed by atoms with Crippen LogP contribution >= 0.6 is 0 Å². The Morgan fingerprint density at radius 1 is 1.00 bits per heavy atom. The third-order valence-corrected chi connectivity index (χ3v) is 4.10. The summed E-state index contributed by atoms with van der Waals surface area (Å²) in [4.78, 5) is 12.0. The summed E-state index contributed by atoms with van der Waals surface area (Å²) < 4.78 is 42.3. The quantitative estimate of drug-likeness (QED) is 0.545. The first-order valence-electron chi connectivity index (χ1n) is 9.28. The highest BCUT2D eigenvalue weighted by Crippen LogP contribution is 2.23. The van der Waals surface area contributed by atoms with Gasteiger partial charge in [-0.15, -0.1) is 0 Å². The van der Waals surface area contributed by atoms with E-state index >= 15 is 0 Å². The number of hydrogen-bond acceptors (Lipinski definition) is 3. The van der Waals surface area contributed by atoms with Crippen LogP contribution in [0.15, 0.2) is 66.9 Å². The third-order valence-electron chi connectivity index (χ3n) is 4.10. The SMILES string of the molecule is O=C(NCCOCC(F)(F)F)NCc1cn(-c2ccccc2)nc1-c1ccccc1. The molecule has 0 radical (unpaired) electrons. The van der Waals surface area contributed by atoms with Gasteiger partial charge in [0.05, 0.1) is 18.0 Å². The predicted molar refractivity (Wildman–Crippen MR) is 106 cm³/mol. The molecule has 1 aromatic heterocycles. The van der Waals surface area contributed by atoms with Gasteiger partial charge in [0.15, 0.2) is 0 Å². The van der Waals surface area contributed by atoms with Crippen molar-refractivity contribution < 1.29 is 22.7 Å². The molecule has 0 bridgehead atoms. The normalized spacial score (nSPS) is 11.3. The van der Waals surface area contributed by atoms with E-state index in [1.807, 2.05) is 66.9 Å². The Morgan fingerprint density at radius 2 is 1.67 bits per heavy atom. The summed E-state index contributed by atoms with van der Waals surface area (Å²) in [5, 5.41) is 9.82. The lowest BCUT2D eigenvalue weighted by atomic mass is 10.1. The van der Waals surface area contributed by atoms with Crippen LogP contribution in [-0.2, 0) is 11.3 Å². The van der Waals surface area contributed by atoms with Gasteiger partial charge in [0.1, 0.15) is 6.61 Å². The number of hydrogen-bond donors (Lipinski definition) is 2. The highest BCUT2D eigenvalue weighted by molar-refractivity contribution is 5.74. The van der Waals surface area contributed by atoms with Crippen molar-refractivity contribution in [2.75, 3.05) is 19.8 Å². The average molecular weight is 418 g/mol. The third kappa shape index (κ3) is 6.35. The van der Waals surface area contributed by atoms with E-state index < -0.39 is 18.8 Å². The standard InChI is InChI=1S/C21H21F3N4O2/c22-21(23,24)15-30-12-11-25-20(29)26-13-17-14-28(18-9-5-2-6-10-18)27-19(17)16-7-3-1-4-8-16/h1-10,14H,11-13,15H2,(H2,25,26,29). The van der Waals surface area contributed by atoms with Crippen LogP contribution in [0.3, 0.4) is 0 Å². The van der Waals surface area contributed by atoms with Crippen LogP contribution < -0.4 is 10.6 Å². The number of ether oxygens (including phenoxy) is 1. The maximum Gasteiger partial charge on any atom is 0.411 e. The number of alkyl halides is 3. The van der Waals surface area contributed by atoms with Crippen molar-refractivity contribution in [2.45, 2.75) is 12.7 Å². The number of benzene rings is 2. The fourth-order valence-corrected chi connectivity index (χ4v) is 2.75. The Morgan fingerprint density at radius 3 is 2.33 bits per heavy atom. The van der Waals surface area contributed by atoms with Crippen molar-refractivity contribution in [2.24, 2.45) is 0 Å². The van der Waals surface area contributed by atoms with Gasteiger partial charge in [-0.25, -0.2) is 9.48 Å². The Balaban J connectivity index is 1.62. The molecule has 0 saturated carbocycles. The van der Waals surface area contributed by atoms with Gasteiger partial charge in [-0.1, -0.05) is 48.5 Å².